The molecule has 12 heteroatoms. The molecular formula is C25H29Cl2F3N6O. The average Bonchev–Trinajstić information content (AvgIpc) is 3.17. The molecule has 0 amide bonds. The zero-order valence-electron chi connectivity index (χ0n) is 20.6. The number of hydrogen-bond acceptors (Lipinski definition) is 6. The van der Waals surface area contributed by atoms with E-state index in [9.17, 15) is 18.3 Å². The molecule has 3 atom stereocenters. The van der Waals surface area contributed by atoms with E-state index in [-0.39, 0.29) is 17.3 Å². The van der Waals surface area contributed by atoms with Gasteiger partial charge in [-0.3, -0.25) is 0 Å². The second-order valence-electron chi connectivity index (χ2n) is 10.2. The summed E-state index contributed by atoms with van der Waals surface area (Å²) in [7, 11) is 0. The van der Waals surface area contributed by atoms with Crippen molar-refractivity contribution in [1.82, 2.24) is 24.6 Å². The van der Waals surface area contributed by atoms with Crippen molar-refractivity contribution in [3.05, 3.63) is 45.7 Å². The van der Waals surface area contributed by atoms with E-state index in [1.54, 1.807) is 32.0 Å². The van der Waals surface area contributed by atoms with Gasteiger partial charge in [-0.1, -0.05) is 29.3 Å². The fourth-order valence-corrected chi connectivity index (χ4v) is 6.06. The third kappa shape index (κ3) is 5.39. The summed E-state index contributed by atoms with van der Waals surface area (Å²) in [5.74, 6) is 1.52. The molecule has 2 aliphatic rings. The topological polar surface area (TPSA) is 70.3 Å². The van der Waals surface area contributed by atoms with Gasteiger partial charge < -0.3 is 14.9 Å². The van der Waals surface area contributed by atoms with Gasteiger partial charge in [-0.25, -0.2) is 14.6 Å². The molecule has 0 bridgehead atoms. The standard InChI is InChI=1S/C25H29Cl2F3N6O/c1-14(37)10-34-7-3-4-16(11-34)17-12-35(13-17)21-9-31-22-23(25(28,29)30)33-36(24(22)32-21)15(2)19-6-5-18(26)8-20(19)27/h5-6,8-9,14-17,37H,3-4,7,10-13H2,1-2H3/t14-,15?,16?/m1/s1. The van der Waals surface area contributed by atoms with Crippen molar-refractivity contribution >= 4 is 40.2 Å². The van der Waals surface area contributed by atoms with Crippen LogP contribution in [0.3, 0.4) is 0 Å². The number of benzene rings is 1. The molecule has 1 N–H and O–H groups in total. The van der Waals surface area contributed by atoms with Gasteiger partial charge in [0, 0.05) is 36.2 Å². The van der Waals surface area contributed by atoms with Gasteiger partial charge in [-0.2, -0.15) is 18.3 Å². The second kappa shape index (κ2) is 10.2. The van der Waals surface area contributed by atoms with Crippen LogP contribution in [-0.2, 0) is 6.18 Å². The summed E-state index contributed by atoms with van der Waals surface area (Å²) in [4.78, 5) is 13.1. The average molecular weight is 557 g/mol. The maximum Gasteiger partial charge on any atom is 0.437 e. The van der Waals surface area contributed by atoms with E-state index in [0.717, 1.165) is 39.0 Å². The van der Waals surface area contributed by atoms with E-state index < -0.39 is 17.9 Å². The van der Waals surface area contributed by atoms with Gasteiger partial charge in [-0.15, -0.1) is 0 Å². The second-order valence-corrected chi connectivity index (χ2v) is 11.1. The van der Waals surface area contributed by atoms with Crippen LogP contribution in [0.5, 0.6) is 0 Å². The van der Waals surface area contributed by atoms with Gasteiger partial charge in [0.1, 0.15) is 11.3 Å². The summed E-state index contributed by atoms with van der Waals surface area (Å²) in [6.07, 6.45) is -1.38. The number of hydrogen-bond donors (Lipinski definition) is 1. The maximum absolute atomic E-state index is 13.8. The smallest absolute Gasteiger partial charge is 0.392 e. The number of aliphatic hydroxyl groups is 1. The fourth-order valence-electron chi connectivity index (χ4n) is 5.50. The van der Waals surface area contributed by atoms with Gasteiger partial charge in [0.05, 0.1) is 18.3 Å². The number of nitrogens with zero attached hydrogens (tertiary/aromatic N) is 6. The minimum absolute atomic E-state index is 0.0626. The first kappa shape index (κ1) is 26.5. The molecule has 2 fully saturated rings. The molecule has 0 spiro atoms. The highest BCUT2D eigenvalue weighted by molar-refractivity contribution is 6.35. The van der Waals surface area contributed by atoms with Crippen LogP contribution in [0.25, 0.3) is 11.2 Å². The Hall–Kier alpha value is -2.14. The number of piperidine rings is 1. The van der Waals surface area contributed by atoms with Crippen LogP contribution in [0.15, 0.2) is 24.4 Å². The summed E-state index contributed by atoms with van der Waals surface area (Å²) >= 11 is 12.4. The summed E-state index contributed by atoms with van der Waals surface area (Å²) in [6, 6.07) is 4.24. The van der Waals surface area contributed by atoms with Gasteiger partial charge in [-0.05, 0) is 62.8 Å². The number of halogens is 5. The lowest BCUT2D eigenvalue weighted by Crippen LogP contribution is -2.54. The van der Waals surface area contributed by atoms with Crippen molar-refractivity contribution in [2.45, 2.75) is 45.0 Å². The van der Waals surface area contributed by atoms with E-state index in [2.05, 4.69) is 24.9 Å². The number of β-amino-alcohol motifs (C(OH)–C–C–N with tert-alkyl or cyclic N) is 1. The molecule has 37 heavy (non-hydrogen) atoms. The lowest BCUT2D eigenvalue weighted by Gasteiger charge is -2.47. The van der Waals surface area contributed by atoms with Crippen LogP contribution in [0, 0.1) is 11.8 Å². The molecule has 4 heterocycles. The Morgan fingerprint density at radius 1 is 1.14 bits per heavy atom. The maximum atomic E-state index is 13.8. The van der Waals surface area contributed by atoms with E-state index in [4.69, 9.17) is 23.2 Å². The molecule has 0 saturated carbocycles. The molecule has 3 aromatic rings. The minimum atomic E-state index is -4.68. The van der Waals surface area contributed by atoms with Crippen LogP contribution in [0.4, 0.5) is 19.0 Å². The number of likely N-dealkylation sites (tertiary alicyclic amines) is 1. The summed E-state index contributed by atoms with van der Waals surface area (Å²) < 4.78 is 42.7. The van der Waals surface area contributed by atoms with Gasteiger partial charge in [0.2, 0.25) is 0 Å². The Morgan fingerprint density at radius 3 is 2.57 bits per heavy atom. The summed E-state index contributed by atoms with van der Waals surface area (Å²) in [5.41, 5.74) is -0.710. The van der Waals surface area contributed by atoms with Crippen LogP contribution < -0.4 is 4.90 Å². The van der Waals surface area contributed by atoms with Crippen LogP contribution >= 0.6 is 23.2 Å². The summed E-state index contributed by atoms with van der Waals surface area (Å²) in [6.45, 7) is 7.70. The van der Waals surface area contributed by atoms with Crippen molar-refractivity contribution < 1.29 is 18.3 Å². The molecule has 5 rings (SSSR count). The Balaban J connectivity index is 1.40. The van der Waals surface area contributed by atoms with Crippen molar-refractivity contribution in [3.8, 4) is 0 Å². The third-order valence-electron chi connectivity index (χ3n) is 7.40. The molecule has 7 nitrogen and oxygen atoms in total. The van der Waals surface area contributed by atoms with Crippen molar-refractivity contribution in [1.29, 1.82) is 0 Å². The molecule has 0 radical (unpaired) electrons. The minimum Gasteiger partial charge on any atom is -0.392 e. The van der Waals surface area contributed by atoms with Crippen LogP contribution in [0.2, 0.25) is 10.0 Å². The first-order valence-electron chi connectivity index (χ1n) is 12.4. The first-order chi connectivity index (χ1) is 17.5. The van der Waals surface area contributed by atoms with Crippen molar-refractivity contribution in [2.75, 3.05) is 37.6 Å². The van der Waals surface area contributed by atoms with Crippen LogP contribution in [-0.4, -0.2) is 68.6 Å². The highest BCUT2D eigenvalue weighted by Gasteiger charge is 2.40. The van der Waals surface area contributed by atoms with Crippen LogP contribution in [0.1, 0.15) is 44.0 Å². The molecule has 200 valence electrons. The number of aromatic nitrogens is 4. The number of anilines is 1. The molecule has 1 aromatic carbocycles. The molecule has 0 aliphatic carbocycles. The Bertz CT molecular complexity index is 1280. The van der Waals surface area contributed by atoms with E-state index in [1.165, 1.54) is 10.9 Å². The summed E-state index contributed by atoms with van der Waals surface area (Å²) in [5, 5.41) is 14.4. The quantitative estimate of drug-likeness (QED) is 0.444. The van der Waals surface area contributed by atoms with E-state index in [1.807, 2.05) is 0 Å². The van der Waals surface area contributed by atoms with Crippen molar-refractivity contribution in [2.24, 2.45) is 11.8 Å². The number of fused-ring (bicyclic) bond motifs is 1. The molecule has 2 aromatic heterocycles. The Labute approximate surface area is 223 Å². The lowest BCUT2D eigenvalue weighted by atomic mass is 9.80. The normalized spacial score (nSPS) is 21.3. The zero-order chi connectivity index (χ0) is 26.5. The lowest BCUT2D eigenvalue weighted by molar-refractivity contribution is -0.140. The van der Waals surface area contributed by atoms with Crippen molar-refractivity contribution in [3.63, 3.8) is 0 Å². The van der Waals surface area contributed by atoms with Gasteiger partial charge in [0.25, 0.3) is 0 Å². The molecule has 2 unspecified atom stereocenters. The third-order valence-corrected chi connectivity index (χ3v) is 7.97. The SMILES string of the molecule is CC(c1ccc(Cl)cc1Cl)n1nc(C(F)(F)F)c2ncc(N3CC(C4CCCN(C[C@@H](C)O)C4)C3)nc21. The predicted octanol–water partition coefficient (Wildman–Crippen LogP) is 5.29. The van der Waals surface area contributed by atoms with E-state index in [0.29, 0.717) is 39.8 Å². The Kier molecular flexibility index (Phi) is 7.30. The van der Waals surface area contributed by atoms with Gasteiger partial charge in [0.15, 0.2) is 11.3 Å². The highest BCUT2D eigenvalue weighted by Crippen LogP contribution is 2.38. The fraction of sp³-hybridized carbons (Fsp3) is 0.560. The van der Waals surface area contributed by atoms with Gasteiger partial charge >= 0.3 is 6.18 Å². The molecule has 2 saturated heterocycles. The predicted molar refractivity (Wildman–Crippen MR) is 137 cm³/mol. The number of aliphatic hydroxyl groups excluding tert-OH is 1. The number of alkyl halides is 3. The molecule has 2 aliphatic heterocycles. The zero-order valence-corrected chi connectivity index (χ0v) is 22.1. The van der Waals surface area contributed by atoms with E-state index >= 15 is 0 Å². The Morgan fingerprint density at radius 2 is 1.89 bits per heavy atom. The molecular weight excluding hydrogens is 528 g/mol. The monoisotopic (exact) mass is 556 g/mol. The highest BCUT2D eigenvalue weighted by atomic mass is 35.5. The largest absolute Gasteiger partial charge is 0.437 e. The first-order valence-corrected chi connectivity index (χ1v) is 13.2. The number of rotatable bonds is 6.